The highest BCUT2D eigenvalue weighted by molar-refractivity contribution is 6.17. The lowest BCUT2D eigenvalue weighted by atomic mass is 9.86. The van der Waals surface area contributed by atoms with Crippen LogP contribution in [-0.2, 0) is 0 Å². The number of methoxy groups -OCH3 is 1. The molecule has 3 nitrogen and oxygen atoms in total. The number of phenols is 1. The monoisotopic (exact) mass is 396 g/mol. The Morgan fingerprint density at radius 1 is 0.833 bits per heavy atom. The highest BCUT2D eigenvalue weighted by atomic mass is 16.5. The number of aromatic hydroxyl groups is 1. The number of benzene rings is 4. The van der Waals surface area contributed by atoms with Gasteiger partial charge in [-0.25, -0.2) is 0 Å². The normalized spacial score (nSPS) is 10.9. The van der Waals surface area contributed by atoms with Gasteiger partial charge in [-0.3, -0.25) is 4.79 Å². The molecule has 0 aromatic heterocycles. The first-order chi connectivity index (χ1) is 14.4. The zero-order valence-electron chi connectivity index (χ0n) is 17.6. The maximum atomic E-state index is 13.5. The molecule has 4 aromatic carbocycles. The number of carbonyl (C=O) groups is 1. The summed E-state index contributed by atoms with van der Waals surface area (Å²) in [7, 11) is 1.65. The lowest BCUT2D eigenvalue weighted by Gasteiger charge is -2.18. The van der Waals surface area contributed by atoms with Gasteiger partial charge in [-0.2, -0.15) is 0 Å². The average Bonchev–Trinajstić information content (AvgIpc) is 2.77. The Bertz CT molecular complexity index is 1270. The molecule has 30 heavy (non-hydrogen) atoms. The highest BCUT2D eigenvalue weighted by Crippen LogP contribution is 2.38. The topological polar surface area (TPSA) is 46.5 Å². The summed E-state index contributed by atoms with van der Waals surface area (Å²) in [5.41, 5.74) is 6.78. The van der Waals surface area contributed by atoms with Gasteiger partial charge in [0.25, 0.3) is 0 Å². The molecule has 0 fully saturated rings. The number of hydrogen-bond acceptors (Lipinski definition) is 3. The number of rotatable bonds is 4. The predicted molar refractivity (Wildman–Crippen MR) is 122 cm³/mol. The molecule has 0 aliphatic rings. The molecule has 0 atom stereocenters. The minimum absolute atomic E-state index is 0.0691. The van der Waals surface area contributed by atoms with Gasteiger partial charge < -0.3 is 9.84 Å². The van der Waals surface area contributed by atoms with Gasteiger partial charge in [-0.05, 0) is 96.3 Å². The molecule has 1 N–H and O–H groups in total. The van der Waals surface area contributed by atoms with E-state index in [1.807, 2.05) is 30.3 Å². The van der Waals surface area contributed by atoms with Crippen LogP contribution in [-0.4, -0.2) is 18.0 Å². The Morgan fingerprint density at radius 2 is 1.57 bits per heavy atom. The third-order valence-electron chi connectivity index (χ3n) is 5.93. The van der Waals surface area contributed by atoms with Gasteiger partial charge in [-0.1, -0.05) is 24.3 Å². The van der Waals surface area contributed by atoms with Crippen LogP contribution < -0.4 is 4.74 Å². The number of phenolic OH excluding ortho intramolecular Hbond substituents is 1. The van der Waals surface area contributed by atoms with Crippen LogP contribution in [0, 0.1) is 20.8 Å². The van der Waals surface area contributed by atoms with Crippen LogP contribution in [0.1, 0.15) is 32.6 Å². The second-order valence-electron chi connectivity index (χ2n) is 7.63. The Kier molecular flexibility index (Phi) is 5.04. The number of carbonyl (C=O) groups excluding carboxylic acids is 1. The molecule has 0 heterocycles. The third-order valence-corrected chi connectivity index (χ3v) is 5.93. The van der Waals surface area contributed by atoms with Crippen molar-refractivity contribution in [3.8, 4) is 22.6 Å². The molecule has 0 bridgehead atoms. The molecule has 4 aromatic rings. The number of aryl methyl sites for hydroxylation is 1. The van der Waals surface area contributed by atoms with Crippen LogP contribution in [0.4, 0.5) is 0 Å². The van der Waals surface area contributed by atoms with E-state index >= 15 is 0 Å². The van der Waals surface area contributed by atoms with Gasteiger partial charge in [-0.15, -0.1) is 0 Å². The van der Waals surface area contributed by atoms with Crippen molar-refractivity contribution in [1.82, 2.24) is 0 Å². The highest BCUT2D eigenvalue weighted by Gasteiger charge is 2.20. The third kappa shape index (κ3) is 3.33. The first kappa shape index (κ1) is 19.7. The van der Waals surface area contributed by atoms with Crippen LogP contribution in [0.3, 0.4) is 0 Å². The van der Waals surface area contributed by atoms with E-state index in [-0.39, 0.29) is 11.5 Å². The van der Waals surface area contributed by atoms with Gasteiger partial charge in [0.2, 0.25) is 0 Å². The van der Waals surface area contributed by atoms with Crippen LogP contribution in [0.15, 0.2) is 66.7 Å². The minimum Gasteiger partial charge on any atom is -0.508 e. The maximum Gasteiger partial charge on any atom is 0.193 e. The lowest BCUT2D eigenvalue weighted by molar-refractivity contribution is 0.103. The zero-order chi connectivity index (χ0) is 21.4. The standard InChI is InChI=1S/C27H24O3/c1-16-5-12-23(18(3)17(16)2)26-24-14-11-22(30-4)15-20(24)8-13-25(26)27(29)19-6-9-21(28)10-7-19/h5-15,28H,1-4H3. The lowest BCUT2D eigenvalue weighted by Crippen LogP contribution is -2.05. The summed E-state index contributed by atoms with van der Waals surface area (Å²) in [4.78, 5) is 13.5. The number of ether oxygens (including phenoxy) is 1. The summed E-state index contributed by atoms with van der Waals surface area (Å²) in [5, 5.41) is 11.6. The first-order valence-corrected chi connectivity index (χ1v) is 9.92. The van der Waals surface area contributed by atoms with Gasteiger partial charge in [0.1, 0.15) is 11.5 Å². The van der Waals surface area contributed by atoms with Crippen LogP contribution in [0.25, 0.3) is 21.9 Å². The summed E-state index contributed by atoms with van der Waals surface area (Å²) in [5.74, 6) is 0.852. The number of hydrogen-bond donors (Lipinski definition) is 1. The predicted octanol–water partition coefficient (Wildman–Crippen LogP) is 6.38. The smallest absolute Gasteiger partial charge is 0.193 e. The first-order valence-electron chi connectivity index (χ1n) is 9.92. The van der Waals surface area contributed by atoms with Gasteiger partial charge in [0, 0.05) is 16.7 Å². The van der Waals surface area contributed by atoms with E-state index < -0.39 is 0 Å². The van der Waals surface area contributed by atoms with Crippen molar-refractivity contribution in [3.63, 3.8) is 0 Å². The Morgan fingerprint density at radius 3 is 2.27 bits per heavy atom. The van der Waals surface area contributed by atoms with E-state index in [0.29, 0.717) is 11.1 Å². The summed E-state index contributed by atoms with van der Waals surface area (Å²) in [6.45, 7) is 6.32. The van der Waals surface area contributed by atoms with Crippen LogP contribution in [0.2, 0.25) is 0 Å². The van der Waals surface area contributed by atoms with E-state index in [2.05, 4.69) is 32.9 Å². The fourth-order valence-electron chi connectivity index (χ4n) is 3.91. The molecule has 3 heteroatoms. The second-order valence-corrected chi connectivity index (χ2v) is 7.63. The van der Waals surface area contributed by atoms with Crippen molar-refractivity contribution in [3.05, 3.63) is 94.5 Å². The minimum atomic E-state index is -0.0691. The molecular formula is C27H24O3. The van der Waals surface area contributed by atoms with Crippen molar-refractivity contribution in [2.45, 2.75) is 20.8 Å². The molecule has 4 rings (SSSR count). The van der Waals surface area contributed by atoms with Crippen molar-refractivity contribution in [1.29, 1.82) is 0 Å². The fourth-order valence-corrected chi connectivity index (χ4v) is 3.91. The molecule has 0 saturated carbocycles. The summed E-state index contributed by atoms with van der Waals surface area (Å²) < 4.78 is 5.39. The van der Waals surface area contributed by atoms with Gasteiger partial charge in [0.15, 0.2) is 5.78 Å². The molecular weight excluding hydrogens is 372 g/mol. The van der Waals surface area contributed by atoms with Crippen molar-refractivity contribution in [2.75, 3.05) is 7.11 Å². The van der Waals surface area contributed by atoms with E-state index in [1.54, 1.807) is 31.4 Å². The second kappa shape index (κ2) is 7.68. The molecule has 0 aliphatic carbocycles. The van der Waals surface area contributed by atoms with Crippen molar-refractivity contribution >= 4 is 16.6 Å². The zero-order valence-corrected chi connectivity index (χ0v) is 17.6. The summed E-state index contributed by atoms with van der Waals surface area (Å²) in [6, 6.07) is 20.4. The largest absolute Gasteiger partial charge is 0.508 e. The number of ketones is 1. The van der Waals surface area contributed by atoms with Crippen LogP contribution in [0.5, 0.6) is 11.5 Å². The molecule has 0 unspecified atom stereocenters. The SMILES string of the molecule is COc1ccc2c(-c3ccc(C)c(C)c3C)c(C(=O)c3ccc(O)cc3)ccc2c1. The summed E-state index contributed by atoms with van der Waals surface area (Å²) in [6.07, 6.45) is 0. The molecule has 0 spiro atoms. The Hall–Kier alpha value is -3.59. The van der Waals surface area contributed by atoms with E-state index in [4.69, 9.17) is 4.74 Å². The summed E-state index contributed by atoms with van der Waals surface area (Å²) >= 11 is 0. The molecule has 0 amide bonds. The molecule has 150 valence electrons. The maximum absolute atomic E-state index is 13.5. The Balaban J connectivity index is 2.03. The Labute approximate surface area is 176 Å². The van der Waals surface area contributed by atoms with E-state index in [0.717, 1.165) is 33.2 Å². The van der Waals surface area contributed by atoms with E-state index in [1.165, 1.54) is 11.1 Å². The van der Waals surface area contributed by atoms with Gasteiger partial charge in [0.05, 0.1) is 7.11 Å². The average molecular weight is 396 g/mol. The molecule has 0 radical (unpaired) electrons. The fraction of sp³-hybridized carbons (Fsp3) is 0.148. The van der Waals surface area contributed by atoms with Gasteiger partial charge >= 0.3 is 0 Å². The van der Waals surface area contributed by atoms with Crippen molar-refractivity contribution < 1.29 is 14.6 Å². The van der Waals surface area contributed by atoms with Crippen molar-refractivity contribution in [2.24, 2.45) is 0 Å². The van der Waals surface area contributed by atoms with Crippen LogP contribution >= 0.6 is 0 Å². The molecule has 0 aliphatic heterocycles. The number of fused-ring (bicyclic) bond motifs is 1. The van der Waals surface area contributed by atoms with E-state index in [9.17, 15) is 9.90 Å². The molecule has 0 saturated heterocycles. The quantitative estimate of drug-likeness (QED) is 0.407.